The van der Waals surface area contributed by atoms with Crippen LogP contribution < -0.4 is 11.2 Å². The summed E-state index contributed by atoms with van der Waals surface area (Å²) < 4.78 is 7.94. The molecule has 2 rings (SSSR count). The van der Waals surface area contributed by atoms with Crippen molar-refractivity contribution in [1.29, 1.82) is 5.26 Å². The van der Waals surface area contributed by atoms with E-state index in [1.807, 2.05) is 6.07 Å². The summed E-state index contributed by atoms with van der Waals surface area (Å²) in [4.78, 5) is 24.3. The number of hydrogen-bond donors (Lipinski definition) is 2. The Labute approximate surface area is 133 Å². The second-order valence-corrected chi connectivity index (χ2v) is 5.81. The molecule has 1 aliphatic heterocycles. The second kappa shape index (κ2) is 6.69. The Balaban J connectivity index is 2.42. The molecule has 1 aromatic heterocycles. The molecule has 1 saturated heterocycles. The van der Waals surface area contributed by atoms with Gasteiger partial charge in [-0.1, -0.05) is 0 Å². The largest absolute Gasteiger partial charge is 0.394 e. The zero-order valence-corrected chi connectivity index (χ0v) is 13.1. The number of aliphatic hydroxyl groups excluding tert-OH is 2. The lowest BCUT2D eigenvalue weighted by Crippen LogP contribution is -2.42. The second-order valence-electron chi connectivity index (χ2n) is 4.65. The number of aliphatic hydroxyl groups is 2. The molecule has 0 amide bonds. The third-order valence-electron chi connectivity index (χ3n) is 3.30. The van der Waals surface area contributed by atoms with Gasteiger partial charge in [-0.15, -0.1) is 0 Å². The summed E-state index contributed by atoms with van der Waals surface area (Å²) in [5, 5.41) is 27.4. The summed E-state index contributed by atoms with van der Waals surface area (Å²) in [5.41, 5.74) is -1.05. The van der Waals surface area contributed by atoms with E-state index < -0.39 is 29.7 Å². The lowest BCUT2D eigenvalue weighted by atomic mass is 10.2. The summed E-state index contributed by atoms with van der Waals surface area (Å²) >= 11 is 1.81. The normalized spacial score (nSPS) is 25.0. The van der Waals surface area contributed by atoms with Gasteiger partial charge < -0.3 is 14.9 Å². The van der Waals surface area contributed by atoms with E-state index in [0.717, 1.165) is 4.57 Å². The van der Waals surface area contributed by atoms with E-state index in [0.29, 0.717) is 3.57 Å². The average molecular weight is 407 g/mol. The summed E-state index contributed by atoms with van der Waals surface area (Å²) in [7, 11) is 0. The number of nitriles is 1. The molecule has 1 aromatic rings. The summed E-state index contributed by atoms with van der Waals surface area (Å²) in [6.07, 6.45) is -0.804. The van der Waals surface area contributed by atoms with Crippen molar-refractivity contribution >= 4 is 22.6 Å². The van der Waals surface area contributed by atoms with Gasteiger partial charge in [0.25, 0.3) is 5.56 Å². The number of halogens is 1. The van der Waals surface area contributed by atoms with Crippen molar-refractivity contribution in [2.45, 2.75) is 37.8 Å². The Morgan fingerprint density at radius 1 is 1.52 bits per heavy atom. The smallest absolute Gasteiger partial charge is 0.333 e. The first-order chi connectivity index (χ1) is 9.99. The van der Waals surface area contributed by atoms with Crippen molar-refractivity contribution in [1.82, 2.24) is 9.13 Å². The van der Waals surface area contributed by atoms with Gasteiger partial charge in [0.15, 0.2) is 0 Å². The lowest BCUT2D eigenvalue weighted by Gasteiger charge is -2.16. The molecular formula is C12H14IN3O5. The predicted molar refractivity (Wildman–Crippen MR) is 79.5 cm³/mol. The van der Waals surface area contributed by atoms with Crippen molar-refractivity contribution in [3.8, 4) is 6.07 Å². The van der Waals surface area contributed by atoms with Crippen LogP contribution >= 0.6 is 22.6 Å². The highest BCUT2D eigenvalue weighted by molar-refractivity contribution is 14.1. The Hall–Kier alpha value is -1.22. The number of ether oxygens (including phenoxy) is 1. The minimum atomic E-state index is -0.871. The highest BCUT2D eigenvalue weighted by Gasteiger charge is 2.35. The molecule has 0 radical (unpaired) electrons. The summed E-state index contributed by atoms with van der Waals surface area (Å²) in [5.74, 6) is 0. The van der Waals surface area contributed by atoms with Crippen LogP contribution in [0, 0.1) is 14.9 Å². The van der Waals surface area contributed by atoms with Gasteiger partial charge in [-0.05, 0) is 22.6 Å². The van der Waals surface area contributed by atoms with Crippen LogP contribution in [0.4, 0.5) is 0 Å². The molecule has 9 heteroatoms. The van der Waals surface area contributed by atoms with Crippen LogP contribution in [0.15, 0.2) is 15.8 Å². The van der Waals surface area contributed by atoms with Crippen LogP contribution in [0.3, 0.4) is 0 Å². The molecule has 0 saturated carbocycles. The third kappa shape index (κ3) is 3.18. The summed E-state index contributed by atoms with van der Waals surface area (Å²) in [6, 6.07) is 1.89. The minimum absolute atomic E-state index is 0.00368. The first-order valence-electron chi connectivity index (χ1n) is 6.32. The van der Waals surface area contributed by atoms with Gasteiger partial charge in [0, 0.05) is 19.2 Å². The first kappa shape index (κ1) is 16.2. The Morgan fingerprint density at radius 3 is 2.81 bits per heavy atom. The van der Waals surface area contributed by atoms with Crippen LogP contribution in [0.2, 0.25) is 0 Å². The standard InChI is InChI=1S/C12H14IN3O5/c13-7-5-16(10-4-8(18)9(6-17)21-10)12(20)15(11(7)19)3-1-2-14/h5,8-10,17-18H,1,3-4,6H2/t8?,9-,10-/m0/s1. The molecule has 2 N–H and O–H groups in total. The van der Waals surface area contributed by atoms with Crippen LogP contribution in [-0.4, -0.2) is 38.2 Å². The van der Waals surface area contributed by atoms with Crippen molar-refractivity contribution in [3.05, 3.63) is 30.6 Å². The quantitative estimate of drug-likeness (QED) is 0.630. The molecule has 0 aromatic carbocycles. The van der Waals surface area contributed by atoms with E-state index in [1.165, 1.54) is 10.8 Å². The van der Waals surface area contributed by atoms with Gasteiger partial charge in [0.1, 0.15) is 12.3 Å². The number of aromatic nitrogens is 2. The molecule has 114 valence electrons. The highest BCUT2D eigenvalue weighted by Crippen LogP contribution is 2.27. The van der Waals surface area contributed by atoms with Gasteiger partial charge in [-0.2, -0.15) is 5.26 Å². The van der Waals surface area contributed by atoms with E-state index in [1.54, 1.807) is 22.6 Å². The number of hydrogen-bond acceptors (Lipinski definition) is 6. The molecule has 0 aliphatic carbocycles. The van der Waals surface area contributed by atoms with Gasteiger partial charge in [0.05, 0.1) is 28.8 Å². The Kier molecular flexibility index (Phi) is 5.15. The van der Waals surface area contributed by atoms with Gasteiger partial charge in [-0.25, -0.2) is 4.79 Å². The molecular weight excluding hydrogens is 393 g/mol. The first-order valence-corrected chi connectivity index (χ1v) is 7.40. The SMILES string of the molecule is N#CCCn1c(=O)c(I)cn([C@@H]2CC(O)[C@H](CO)O2)c1=O. The Bertz CT molecular complexity index is 677. The van der Waals surface area contributed by atoms with Gasteiger partial charge in [-0.3, -0.25) is 13.9 Å². The van der Waals surface area contributed by atoms with Gasteiger partial charge >= 0.3 is 5.69 Å². The van der Waals surface area contributed by atoms with Crippen molar-refractivity contribution in [2.75, 3.05) is 6.61 Å². The van der Waals surface area contributed by atoms with E-state index in [9.17, 15) is 14.7 Å². The van der Waals surface area contributed by atoms with Crippen LogP contribution in [-0.2, 0) is 11.3 Å². The molecule has 1 fully saturated rings. The molecule has 2 heterocycles. The fourth-order valence-corrected chi connectivity index (χ4v) is 2.79. The zero-order valence-electron chi connectivity index (χ0n) is 11.0. The fraction of sp³-hybridized carbons (Fsp3) is 0.583. The molecule has 1 aliphatic rings. The zero-order chi connectivity index (χ0) is 15.6. The topological polar surface area (TPSA) is 117 Å². The summed E-state index contributed by atoms with van der Waals surface area (Å²) in [6.45, 7) is -0.346. The maximum absolute atomic E-state index is 12.3. The van der Waals surface area contributed by atoms with E-state index in [2.05, 4.69) is 0 Å². The highest BCUT2D eigenvalue weighted by atomic mass is 127. The maximum Gasteiger partial charge on any atom is 0.333 e. The fourth-order valence-electron chi connectivity index (χ4n) is 2.20. The molecule has 8 nitrogen and oxygen atoms in total. The molecule has 0 spiro atoms. The Morgan fingerprint density at radius 2 is 2.24 bits per heavy atom. The van der Waals surface area contributed by atoms with Crippen molar-refractivity contribution in [2.24, 2.45) is 0 Å². The van der Waals surface area contributed by atoms with E-state index >= 15 is 0 Å². The van der Waals surface area contributed by atoms with Crippen LogP contribution in [0.5, 0.6) is 0 Å². The molecule has 0 bridgehead atoms. The molecule has 21 heavy (non-hydrogen) atoms. The van der Waals surface area contributed by atoms with Gasteiger partial charge in [0.2, 0.25) is 0 Å². The van der Waals surface area contributed by atoms with Crippen LogP contribution in [0.25, 0.3) is 0 Å². The minimum Gasteiger partial charge on any atom is -0.394 e. The van der Waals surface area contributed by atoms with E-state index in [-0.39, 0.29) is 26.0 Å². The molecule has 1 unspecified atom stereocenters. The number of rotatable bonds is 4. The van der Waals surface area contributed by atoms with Crippen molar-refractivity contribution in [3.63, 3.8) is 0 Å². The van der Waals surface area contributed by atoms with E-state index in [4.69, 9.17) is 15.1 Å². The lowest BCUT2D eigenvalue weighted by molar-refractivity contribution is -0.0464. The van der Waals surface area contributed by atoms with Crippen LogP contribution in [0.1, 0.15) is 19.1 Å². The molecule has 3 atom stereocenters. The predicted octanol–water partition coefficient (Wildman–Crippen LogP) is -0.831. The maximum atomic E-state index is 12.3. The number of nitrogens with zero attached hydrogens (tertiary/aromatic N) is 3. The average Bonchev–Trinajstić information content (AvgIpc) is 2.84. The third-order valence-corrected chi connectivity index (χ3v) is 4.04. The monoisotopic (exact) mass is 407 g/mol. The van der Waals surface area contributed by atoms with Crippen molar-refractivity contribution < 1.29 is 14.9 Å².